The molecule has 0 saturated heterocycles. The van der Waals surface area contributed by atoms with E-state index in [4.69, 9.17) is 5.11 Å². The summed E-state index contributed by atoms with van der Waals surface area (Å²) in [7, 11) is 0. The predicted octanol–water partition coefficient (Wildman–Crippen LogP) is 1.50. The third kappa shape index (κ3) is 4.87. The Hall–Kier alpha value is -0.990. The van der Waals surface area contributed by atoms with E-state index in [0.717, 1.165) is 0 Å². The molecule has 0 aromatic rings. The maximum atomic E-state index is 9.76. The molecule has 0 bridgehead atoms. The van der Waals surface area contributed by atoms with E-state index < -0.39 is 6.16 Å². The molecule has 0 rings (SSSR count). The second-order valence-corrected chi connectivity index (χ2v) is 1.79. The van der Waals surface area contributed by atoms with Crippen LogP contribution in [0.25, 0.3) is 0 Å². The van der Waals surface area contributed by atoms with Crippen molar-refractivity contribution in [3.63, 3.8) is 0 Å². The Morgan fingerprint density at radius 2 is 2.56 bits per heavy atom. The van der Waals surface area contributed by atoms with Gasteiger partial charge in [0.05, 0.1) is 0 Å². The number of carboxylic acid groups (broad SMARTS) is 1. The van der Waals surface area contributed by atoms with Gasteiger partial charge in [-0.25, -0.2) is 4.79 Å². The number of ether oxygens (including phenoxy) is 1. The molecule has 3 heteroatoms. The van der Waals surface area contributed by atoms with Crippen molar-refractivity contribution >= 4 is 6.16 Å². The Labute approximate surface area is 53.9 Å². The Bertz CT molecular complexity index is 109. The summed E-state index contributed by atoms with van der Waals surface area (Å²) in [5, 5.41) is 8.00. The van der Waals surface area contributed by atoms with Crippen molar-refractivity contribution in [2.24, 2.45) is 5.92 Å². The van der Waals surface area contributed by atoms with Gasteiger partial charge in [-0.15, -0.1) is 6.58 Å². The summed E-state index contributed by atoms with van der Waals surface area (Å²) in [4.78, 5) is 9.76. The van der Waals surface area contributed by atoms with Gasteiger partial charge in [-0.05, 0) is 0 Å². The van der Waals surface area contributed by atoms with Crippen molar-refractivity contribution in [1.82, 2.24) is 0 Å². The summed E-state index contributed by atoms with van der Waals surface area (Å²) in [6.07, 6.45) is 0.409. The molecule has 0 heterocycles. The molecular weight excluding hydrogens is 120 g/mol. The molecule has 0 aromatic heterocycles. The van der Waals surface area contributed by atoms with Crippen molar-refractivity contribution in [2.75, 3.05) is 6.61 Å². The van der Waals surface area contributed by atoms with Crippen molar-refractivity contribution in [2.45, 2.75) is 6.92 Å². The highest BCUT2D eigenvalue weighted by molar-refractivity contribution is 5.56. The molecule has 0 aliphatic heterocycles. The van der Waals surface area contributed by atoms with E-state index in [9.17, 15) is 4.79 Å². The Balaban J connectivity index is 3.26. The van der Waals surface area contributed by atoms with Gasteiger partial charge in [0.2, 0.25) is 0 Å². The van der Waals surface area contributed by atoms with E-state index in [0.29, 0.717) is 0 Å². The molecular formula is C6H10O3. The molecule has 1 N–H and O–H groups in total. The van der Waals surface area contributed by atoms with E-state index >= 15 is 0 Å². The van der Waals surface area contributed by atoms with Crippen LogP contribution in [-0.2, 0) is 4.74 Å². The summed E-state index contributed by atoms with van der Waals surface area (Å²) >= 11 is 0. The zero-order valence-electron chi connectivity index (χ0n) is 5.33. The van der Waals surface area contributed by atoms with Crippen molar-refractivity contribution < 1.29 is 14.6 Å². The molecule has 3 nitrogen and oxygen atoms in total. The minimum absolute atomic E-state index is 0.0982. The fourth-order valence-corrected chi connectivity index (χ4v) is 0.271. The summed E-state index contributed by atoms with van der Waals surface area (Å²) in [5.41, 5.74) is 0. The van der Waals surface area contributed by atoms with Crippen LogP contribution >= 0.6 is 0 Å². The van der Waals surface area contributed by atoms with E-state index in [-0.39, 0.29) is 12.5 Å². The number of hydrogen-bond donors (Lipinski definition) is 1. The van der Waals surface area contributed by atoms with Gasteiger partial charge in [-0.1, -0.05) is 13.0 Å². The highest BCUT2D eigenvalue weighted by Gasteiger charge is 1.99. The number of rotatable bonds is 3. The average molecular weight is 130 g/mol. The molecule has 0 spiro atoms. The van der Waals surface area contributed by atoms with Crippen LogP contribution in [0.1, 0.15) is 6.92 Å². The largest absolute Gasteiger partial charge is 0.505 e. The lowest BCUT2D eigenvalue weighted by Gasteiger charge is -2.02. The Kier molecular flexibility index (Phi) is 3.51. The first kappa shape index (κ1) is 8.01. The summed E-state index contributed by atoms with van der Waals surface area (Å²) in [5.74, 6) is 0.0982. The lowest BCUT2D eigenvalue weighted by atomic mass is 10.2. The first-order valence-corrected chi connectivity index (χ1v) is 2.65. The molecule has 0 aliphatic rings. The monoisotopic (exact) mass is 130 g/mol. The summed E-state index contributed by atoms with van der Waals surface area (Å²) in [6.45, 7) is 5.49. The van der Waals surface area contributed by atoms with Crippen LogP contribution in [0.3, 0.4) is 0 Å². The van der Waals surface area contributed by atoms with Crippen molar-refractivity contribution in [3.8, 4) is 0 Å². The van der Waals surface area contributed by atoms with Crippen LogP contribution in [-0.4, -0.2) is 17.9 Å². The first-order valence-electron chi connectivity index (χ1n) is 2.65. The molecule has 0 amide bonds. The highest BCUT2D eigenvalue weighted by atomic mass is 16.7. The third-order valence-corrected chi connectivity index (χ3v) is 0.872. The zero-order chi connectivity index (χ0) is 7.28. The summed E-state index contributed by atoms with van der Waals surface area (Å²) < 4.78 is 4.24. The minimum atomic E-state index is -1.23. The molecule has 1 atom stereocenters. The van der Waals surface area contributed by atoms with Gasteiger partial charge in [0, 0.05) is 5.92 Å². The molecule has 0 aliphatic carbocycles. The third-order valence-electron chi connectivity index (χ3n) is 0.872. The topological polar surface area (TPSA) is 46.5 Å². The van der Waals surface area contributed by atoms with Crippen LogP contribution in [0, 0.1) is 5.92 Å². The van der Waals surface area contributed by atoms with Crippen LogP contribution in [0.15, 0.2) is 12.7 Å². The maximum Gasteiger partial charge on any atom is 0.505 e. The zero-order valence-corrected chi connectivity index (χ0v) is 5.33. The Morgan fingerprint density at radius 3 is 2.89 bits per heavy atom. The normalized spacial score (nSPS) is 12.1. The molecule has 9 heavy (non-hydrogen) atoms. The van der Waals surface area contributed by atoms with Crippen LogP contribution in [0.5, 0.6) is 0 Å². The second kappa shape index (κ2) is 3.95. The predicted molar refractivity (Wildman–Crippen MR) is 33.3 cm³/mol. The number of hydrogen-bond acceptors (Lipinski definition) is 2. The van der Waals surface area contributed by atoms with E-state index in [1.807, 2.05) is 6.92 Å². The average Bonchev–Trinajstić information content (AvgIpc) is 1.83. The summed E-state index contributed by atoms with van der Waals surface area (Å²) in [6, 6.07) is 0. The van der Waals surface area contributed by atoms with Gasteiger partial charge in [-0.2, -0.15) is 0 Å². The van der Waals surface area contributed by atoms with E-state index in [1.54, 1.807) is 6.08 Å². The molecule has 0 radical (unpaired) electrons. The van der Waals surface area contributed by atoms with Gasteiger partial charge in [0.15, 0.2) is 0 Å². The van der Waals surface area contributed by atoms with Crippen LogP contribution < -0.4 is 0 Å². The van der Waals surface area contributed by atoms with Crippen molar-refractivity contribution in [1.29, 1.82) is 0 Å². The Morgan fingerprint density at radius 1 is 2.00 bits per heavy atom. The van der Waals surface area contributed by atoms with Gasteiger partial charge >= 0.3 is 6.16 Å². The van der Waals surface area contributed by atoms with E-state index in [1.165, 1.54) is 0 Å². The maximum absolute atomic E-state index is 9.76. The smallest absolute Gasteiger partial charge is 0.450 e. The standard InChI is InChI=1S/C6H10O3/c1-3-5(2)4-9-6(7)8/h3,5H,1,4H2,2H3,(H,7,8). The van der Waals surface area contributed by atoms with Crippen LogP contribution in [0.2, 0.25) is 0 Å². The first-order chi connectivity index (χ1) is 4.16. The SMILES string of the molecule is C=CC(C)COC(=O)O. The fraction of sp³-hybridized carbons (Fsp3) is 0.500. The lowest BCUT2D eigenvalue weighted by Crippen LogP contribution is -2.07. The van der Waals surface area contributed by atoms with Gasteiger partial charge in [-0.3, -0.25) is 0 Å². The lowest BCUT2D eigenvalue weighted by molar-refractivity contribution is 0.0845. The second-order valence-electron chi connectivity index (χ2n) is 1.79. The molecule has 0 aromatic carbocycles. The minimum Gasteiger partial charge on any atom is -0.450 e. The molecule has 52 valence electrons. The van der Waals surface area contributed by atoms with Gasteiger partial charge < -0.3 is 9.84 Å². The molecule has 0 fully saturated rings. The number of carbonyl (C=O) groups is 1. The molecule has 1 unspecified atom stereocenters. The molecule has 0 saturated carbocycles. The van der Waals surface area contributed by atoms with Crippen molar-refractivity contribution in [3.05, 3.63) is 12.7 Å². The van der Waals surface area contributed by atoms with E-state index in [2.05, 4.69) is 11.3 Å². The van der Waals surface area contributed by atoms with Crippen LogP contribution in [0.4, 0.5) is 4.79 Å². The van der Waals surface area contributed by atoms with Gasteiger partial charge in [0.1, 0.15) is 6.61 Å². The fourth-order valence-electron chi connectivity index (χ4n) is 0.271. The quantitative estimate of drug-likeness (QED) is 0.465. The van der Waals surface area contributed by atoms with Gasteiger partial charge in [0.25, 0.3) is 0 Å². The highest BCUT2D eigenvalue weighted by Crippen LogP contribution is 1.95.